The fourth-order valence-corrected chi connectivity index (χ4v) is 7.21. The second-order valence-corrected chi connectivity index (χ2v) is 12.7. The van der Waals surface area contributed by atoms with Gasteiger partial charge in [0.2, 0.25) is 10.0 Å². The van der Waals surface area contributed by atoms with Gasteiger partial charge in [-0.25, -0.2) is 21.6 Å². The van der Waals surface area contributed by atoms with Crippen molar-refractivity contribution in [3.63, 3.8) is 0 Å². The number of nitrogens with zero attached hydrogens (tertiary/aromatic N) is 2. The van der Waals surface area contributed by atoms with E-state index in [1.54, 1.807) is 4.68 Å². The Morgan fingerprint density at radius 3 is 2.62 bits per heavy atom. The van der Waals surface area contributed by atoms with Gasteiger partial charge in [-0.2, -0.15) is 5.10 Å². The van der Waals surface area contributed by atoms with Gasteiger partial charge in [0.25, 0.3) is 0 Å². The minimum Gasteiger partial charge on any atom is -0.260 e. The molecular formula is C23H31N3O4S2. The van der Waals surface area contributed by atoms with Crippen LogP contribution in [-0.2, 0) is 38.6 Å². The number of fused-ring (bicyclic) bond motifs is 1. The summed E-state index contributed by atoms with van der Waals surface area (Å²) in [7, 11) is -6.89. The van der Waals surface area contributed by atoms with Crippen LogP contribution in [-0.4, -0.2) is 38.4 Å². The molecule has 9 heteroatoms. The van der Waals surface area contributed by atoms with E-state index < -0.39 is 19.9 Å². The molecule has 1 aromatic heterocycles. The van der Waals surface area contributed by atoms with E-state index >= 15 is 0 Å². The molecule has 174 valence electrons. The zero-order valence-corrected chi connectivity index (χ0v) is 20.0. The topological polar surface area (TPSA) is 98.1 Å². The van der Waals surface area contributed by atoms with Crippen LogP contribution in [0.15, 0.2) is 35.7 Å². The molecule has 1 fully saturated rings. The number of nitrogens with one attached hydrogen (secondary N) is 1. The summed E-state index contributed by atoms with van der Waals surface area (Å²) in [5.74, 6) is 0.320. The van der Waals surface area contributed by atoms with Crippen LogP contribution in [0.2, 0.25) is 0 Å². The number of benzene rings is 1. The van der Waals surface area contributed by atoms with Crippen molar-refractivity contribution in [3.05, 3.63) is 58.3 Å². The molecule has 1 saturated carbocycles. The van der Waals surface area contributed by atoms with E-state index in [9.17, 15) is 16.8 Å². The Kier molecular flexibility index (Phi) is 6.88. The molecule has 1 N–H and O–H groups in total. The number of sulfone groups is 1. The Labute approximate surface area is 190 Å². The Balaban J connectivity index is 1.60. The van der Waals surface area contributed by atoms with Gasteiger partial charge in [-0.3, -0.25) is 4.68 Å². The van der Waals surface area contributed by atoms with Gasteiger partial charge in [-0.15, -0.1) is 0 Å². The van der Waals surface area contributed by atoms with Crippen LogP contribution in [0, 0.1) is 5.92 Å². The molecule has 1 aliphatic carbocycles. The lowest BCUT2D eigenvalue weighted by molar-refractivity contribution is 0.303. The standard InChI is InChI=1S/C23H31N3O4S2/c1-18(20-10-6-3-7-11-20)25-32(29,30)15-13-23-21-17-31(27,28)14-12-22(21)24-26(23)16-19-8-4-2-5-9-19/h2,4-5,8-9,13,15,18,20,25H,3,6-7,10-12,14,16-17H2,1H3/t18-/m0/s1. The lowest BCUT2D eigenvalue weighted by Gasteiger charge is -2.27. The number of rotatable bonds is 7. The summed E-state index contributed by atoms with van der Waals surface area (Å²) >= 11 is 0. The van der Waals surface area contributed by atoms with Crippen molar-refractivity contribution in [2.45, 2.75) is 63.8 Å². The van der Waals surface area contributed by atoms with Crippen molar-refractivity contribution in [3.8, 4) is 0 Å². The molecule has 0 radical (unpaired) electrons. The van der Waals surface area contributed by atoms with E-state index in [0.29, 0.717) is 30.1 Å². The van der Waals surface area contributed by atoms with Crippen molar-refractivity contribution in [2.75, 3.05) is 5.75 Å². The fraction of sp³-hybridized carbons (Fsp3) is 0.522. The third-order valence-corrected chi connectivity index (χ3v) is 9.23. The van der Waals surface area contributed by atoms with Crippen molar-refractivity contribution >= 4 is 25.9 Å². The van der Waals surface area contributed by atoms with Crippen molar-refractivity contribution < 1.29 is 16.8 Å². The molecule has 1 aliphatic heterocycles. The molecule has 32 heavy (non-hydrogen) atoms. The summed E-state index contributed by atoms with van der Waals surface area (Å²) in [6, 6.07) is 9.59. The quantitative estimate of drug-likeness (QED) is 0.660. The SMILES string of the molecule is C[C@H](NS(=O)(=O)C=Cc1c2c(nn1Cc1ccccc1)CCS(=O)(=O)C2)C1CCCCC1. The maximum Gasteiger partial charge on any atom is 0.234 e. The van der Waals surface area contributed by atoms with Crippen LogP contribution < -0.4 is 4.72 Å². The predicted octanol–water partition coefficient (Wildman–Crippen LogP) is 3.26. The van der Waals surface area contributed by atoms with Gasteiger partial charge in [0.15, 0.2) is 9.84 Å². The lowest BCUT2D eigenvalue weighted by atomic mass is 9.85. The van der Waals surface area contributed by atoms with Crippen molar-refractivity contribution in [1.29, 1.82) is 0 Å². The summed E-state index contributed by atoms with van der Waals surface area (Å²) < 4.78 is 54.6. The van der Waals surface area contributed by atoms with Gasteiger partial charge in [0, 0.05) is 23.4 Å². The van der Waals surface area contributed by atoms with E-state index in [2.05, 4.69) is 9.82 Å². The van der Waals surface area contributed by atoms with Gasteiger partial charge >= 0.3 is 0 Å². The highest BCUT2D eigenvalue weighted by Crippen LogP contribution is 2.28. The van der Waals surface area contributed by atoms with Crippen LogP contribution in [0.4, 0.5) is 0 Å². The smallest absolute Gasteiger partial charge is 0.234 e. The first kappa shape index (κ1) is 23.2. The van der Waals surface area contributed by atoms with Gasteiger partial charge < -0.3 is 0 Å². The van der Waals surface area contributed by atoms with Gasteiger partial charge in [0.05, 0.1) is 29.4 Å². The van der Waals surface area contributed by atoms with Crippen LogP contribution in [0.5, 0.6) is 0 Å². The average Bonchev–Trinajstić information content (AvgIpc) is 3.08. The van der Waals surface area contributed by atoms with Gasteiger partial charge in [0.1, 0.15) is 0 Å². The molecule has 0 amide bonds. The number of aromatic nitrogens is 2. The molecule has 2 heterocycles. The Morgan fingerprint density at radius 1 is 1.19 bits per heavy atom. The molecule has 0 bridgehead atoms. The van der Waals surface area contributed by atoms with Crippen LogP contribution in [0.25, 0.3) is 6.08 Å². The summed E-state index contributed by atoms with van der Waals surface area (Å²) in [6.45, 7) is 2.37. The number of hydrogen-bond acceptors (Lipinski definition) is 5. The highest BCUT2D eigenvalue weighted by atomic mass is 32.2. The minimum atomic E-state index is -3.67. The Morgan fingerprint density at radius 2 is 1.91 bits per heavy atom. The summed E-state index contributed by atoms with van der Waals surface area (Å²) in [4.78, 5) is 0. The van der Waals surface area contributed by atoms with E-state index in [-0.39, 0.29) is 17.5 Å². The highest BCUT2D eigenvalue weighted by Gasteiger charge is 2.28. The molecule has 2 aromatic rings. The molecule has 2 aliphatic rings. The Bertz CT molecular complexity index is 1180. The summed E-state index contributed by atoms with van der Waals surface area (Å²) in [5.41, 5.74) is 2.90. The molecule has 0 saturated heterocycles. The number of aryl methyl sites for hydroxylation is 1. The second kappa shape index (κ2) is 9.49. The predicted molar refractivity (Wildman–Crippen MR) is 126 cm³/mol. The molecular weight excluding hydrogens is 446 g/mol. The maximum atomic E-state index is 12.8. The van der Waals surface area contributed by atoms with E-state index in [1.807, 2.05) is 37.3 Å². The summed E-state index contributed by atoms with van der Waals surface area (Å²) in [5, 5.41) is 5.79. The van der Waals surface area contributed by atoms with Crippen molar-refractivity contribution in [1.82, 2.24) is 14.5 Å². The van der Waals surface area contributed by atoms with Crippen LogP contribution >= 0.6 is 0 Å². The maximum absolute atomic E-state index is 12.8. The van der Waals surface area contributed by atoms with Crippen LogP contribution in [0.1, 0.15) is 61.5 Å². The molecule has 0 spiro atoms. The number of sulfonamides is 1. The zero-order valence-electron chi connectivity index (χ0n) is 18.4. The largest absolute Gasteiger partial charge is 0.260 e. The summed E-state index contributed by atoms with van der Waals surface area (Å²) in [6.07, 6.45) is 7.45. The number of hydrogen-bond donors (Lipinski definition) is 1. The van der Waals surface area contributed by atoms with E-state index in [4.69, 9.17) is 0 Å². The lowest BCUT2D eigenvalue weighted by Crippen LogP contribution is -2.37. The van der Waals surface area contributed by atoms with E-state index in [0.717, 1.165) is 42.3 Å². The normalized spacial score (nSPS) is 20.3. The third-order valence-electron chi connectivity index (χ3n) is 6.48. The van der Waals surface area contributed by atoms with Gasteiger partial charge in [-0.1, -0.05) is 49.6 Å². The van der Waals surface area contributed by atoms with Crippen molar-refractivity contribution in [2.24, 2.45) is 5.92 Å². The molecule has 4 rings (SSSR count). The monoisotopic (exact) mass is 477 g/mol. The second-order valence-electron chi connectivity index (χ2n) is 8.95. The highest BCUT2D eigenvalue weighted by molar-refractivity contribution is 7.92. The fourth-order valence-electron chi connectivity index (χ4n) is 4.71. The first-order valence-corrected chi connectivity index (χ1v) is 14.6. The zero-order chi connectivity index (χ0) is 22.8. The molecule has 7 nitrogen and oxygen atoms in total. The van der Waals surface area contributed by atoms with Crippen LogP contribution in [0.3, 0.4) is 0 Å². The molecule has 1 atom stereocenters. The third kappa shape index (κ3) is 5.68. The van der Waals surface area contributed by atoms with E-state index in [1.165, 1.54) is 12.5 Å². The first-order chi connectivity index (χ1) is 15.2. The van der Waals surface area contributed by atoms with Gasteiger partial charge in [-0.05, 0) is 37.3 Å². The molecule has 0 unspecified atom stereocenters. The first-order valence-electron chi connectivity index (χ1n) is 11.3. The average molecular weight is 478 g/mol. The Hall–Kier alpha value is -1.97. The minimum absolute atomic E-state index is 0.0737. The molecule has 1 aromatic carbocycles.